The monoisotopic (exact) mass is 256 g/mol. The van der Waals surface area contributed by atoms with Crippen molar-refractivity contribution >= 4 is 17.3 Å². The van der Waals surface area contributed by atoms with Gasteiger partial charge in [-0.2, -0.15) is 0 Å². The lowest BCUT2D eigenvalue weighted by atomic mass is 10.2. The van der Waals surface area contributed by atoms with Crippen LogP contribution >= 0.6 is 0 Å². The van der Waals surface area contributed by atoms with Gasteiger partial charge in [0.15, 0.2) is 0 Å². The highest BCUT2D eigenvalue weighted by atomic mass is 15.2. The summed E-state index contributed by atoms with van der Waals surface area (Å²) < 4.78 is 0. The first kappa shape index (κ1) is 13.3. The summed E-state index contributed by atoms with van der Waals surface area (Å²) in [6, 6.07) is 10.2. The van der Waals surface area contributed by atoms with Gasteiger partial charge in [0, 0.05) is 24.8 Å². The molecule has 0 unspecified atom stereocenters. The van der Waals surface area contributed by atoms with Crippen molar-refractivity contribution in [3.05, 3.63) is 42.2 Å². The summed E-state index contributed by atoms with van der Waals surface area (Å²) in [6.07, 6.45) is 2.69. The Morgan fingerprint density at radius 2 is 1.89 bits per heavy atom. The van der Waals surface area contributed by atoms with Gasteiger partial charge in [0.1, 0.15) is 18.0 Å². The Bertz CT molecular complexity index is 525. The molecule has 0 saturated heterocycles. The first-order valence-corrected chi connectivity index (χ1v) is 6.58. The van der Waals surface area contributed by atoms with Crippen molar-refractivity contribution in [1.29, 1.82) is 0 Å². The highest BCUT2D eigenvalue weighted by Crippen LogP contribution is 2.27. The van der Waals surface area contributed by atoms with Crippen molar-refractivity contribution in [3.63, 3.8) is 0 Å². The van der Waals surface area contributed by atoms with Crippen LogP contribution in [0.5, 0.6) is 0 Å². The zero-order valence-electron chi connectivity index (χ0n) is 11.7. The Morgan fingerprint density at radius 1 is 1.16 bits per heavy atom. The highest BCUT2D eigenvalue weighted by molar-refractivity contribution is 5.66. The number of nitrogens with zero attached hydrogens (tertiary/aromatic N) is 3. The van der Waals surface area contributed by atoms with Gasteiger partial charge < -0.3 is 10.2 Å². The molecule has 100 valence electrons. The first-order valence-electron chi connectivity index (χ1n) is 6.58. The summed E-state index contributed by atoms with van der Waals surface area (Å²) in [4.78, 5) is 10.8. The molecule has 19 heavy (non-hydrogen) atoms. The predicted octanol–water partition coefficient (Wildman–Crippen LogP) is 3.37. The van der Waals surface area contributed by atoms with E-state index in [2.05, 4.69) is 39.2 Å². The quantitative estimate of drug-likeness (QED) is 0.890. The molecule has 0 saturated carbocycles. The van der Waals surface area contributed by atoms with Crippen LogP contribution < -0.4 is 10.2 Å². The maximum absolute atomic E-state index is 4.40. The molecule has 2 rings (SSSR count). The molecule has 1 aromatic heterocycles. The Balaban J connectivity index is 2.29. The molecule has 0 fully saturated rings. The van der Waals surface area contributed by atoms with Gasteiger partial charge in [0.05, 0.1) is 0 Å². The van der Waals surface area contributed by atoms with Crippen molar-refractivity contribution in [2.45, 2.75) is 20.3 Å². The van der Waals surface area contributed by atoms with Gasteiger partial charge in [0.2, 0.25) is 0 Å². The van der Waals surface area contributed by atoms with Crippen LogP contribution in [-0.2, 0) is 0 Å². The van der Waals surface area contributed by atoms with Crippen molar-refractivity contribution < 1.29 is 0 Å². The van der Waals surface area contributed by atoms with E-state index in [1.807, 2.05) is 32.2 Å². The lowest BCUT2D eigenvalue weighted by molar-refractivity contribution is 0.955. The van der Waals surface area contributed by atoms with Crippen LogP contribution in [0.15, 0.2) is 36.7 Å². The van der Waals surface area contributed by atoms with Crippen LogP contribution in [0.4, 0.5) is 17.3 Å². The Labute approximate surface area is 114 Å². The normalized spacial score (nSPS) is 10.3. The topological polar surface area (TPSA) is 41.1 Å². The number of para-hydroxylation sites is 1. The number of benzene rings is 1. The van der Waals surface area contributed by atoms with E-state index < -0.39 is 0 Å². The fourth-order valence-electron chi connectivity index (χ4n) is 1.97. The number of hydrogen-bond donors (Lipinski definition) is 1. The minimum atomic E-state index is 0.912. The van der Waals surface area contributed by atoms with Crippen LogP contribution in [0, 0.1) is 6.92 Å². The third-order valence-electron chi connectivity index (χ3n) is 3.06. The zero-order chi connectivity index (χ0) is 13.7. The van der Waals surface area contributed by atoms with E-state index in [9.17, 15) is 0 Å². The van der Waals surface area contributed by atoms with Gasteiger partial charge in [-0.1, -0.05) is 25.1 Å². The third-order valence-corrected chi connectivity index (χ3v) is 3.06. The SMILES string of the molecule is CCCNc1ncnc(N(C)c2ccccc2)c1C. The molecule has 0 radical (unpaired) electrons. The van der Waals surface area contributed by atoms with Crippen LogP contribution in [0.1, 0.15) is 18.9 Å². The molecular formula is C15H20N4. The lowest BCUT2D eigenvalue weighted by Crippen LogP contribution is -2.15. The van der Waals surface area contributed by atoms with Gasteiger partial charge >= 0.3 is 0 Å². The van der Waals surface area contributed by atoms with Crippen molar-refractivity contribution in [2.75, 3.05) is 23.8 Å². The molecule has 0 aliphatic rings. The molecule has 0 spiro atoms. The summed E-state index contributed by atoms with van der Waals surface area (Å²) in [5.41, 5.74) is 2.19. The van der Waals surface area contributed by atoms with Crippen LogP contribution in [-0.4, -0.2) is 23.6 Å². The molecule has 1 N–H and O–H groups in total. The summed E-state index contributed by atoms with van der Waals surface area (Å²) in [5.74, 6) is 1.84. The molecule has 0 atom stereocenters. The smallest absolute Gasteiger partial charge is 0.141 e. The molecule has 4 heteroatoms. The van der Waals surface area contributed by atoms with Crippen LogP contribution in [0.3, 0.4) is 0 Å². The van der Waals surface area contributed by atoms with Gasteiger partial charge in [-0.3, -0.25) is 0 Å². The minimum absolute atomic E-state index is 0.912. The summed E-state index contributed by atoms with van der Waals surface area (Å²) in [6.45, 7) is 5.11. The lowest BCUT2D eigenvalue weighted by Gasteiger charge is -2.21. The molecular weight excluding hydrogens is 236 g/mol. The summed E-state index contributed by atoms with van der Waals surface area (Å²) >= 11 is 0. The summed E-state index contributed by atoms with van der Waals surface area (Å²) in [5, 5.41) is 3.33. The van der Waals surface area contributed by atoms with E-state index in [1.54, 1.807) is 6.33 Å². The third kappa shape index (κ3) is 3.02. The van der Waals surface area contributed by atoms with E-state index in [-0.39, 0.29) is 0 Å². The van der Waals surface area contributed by atoms with Crippen LogP contribution in [0.25, 0.3) is 0 Å². The average molecular weight is 256 g/mol. The molecule has 0 aliphatic carbocycles. The predicted molar refractivity (Wildman–Crippen MR) is 80.1 cm³/mol. The van der Waals surface area contributed by atoms with Crippen molar-refractivity contribution in [3.8, 4) is 0 Å². The Hall–Kier alpha value is -2.10. The Kier molecular flexibility index (Phi) is 4.34. The van der Waals surface area contributed by atoms with Gasteiger partial charge in [-0.25, -0.2) is 9.97 Å². The molecule has 0 amide bonds. The fourth-order valence-corrected chi connectivity index (χ4v) is 1.97. The minimum Gasteiger partial charge on any atom is -0.370 e. The molecule has 0 bridgehead atoms. The number of rotatable bonds is 5. The van der Waals surface area contributed by atoms with E-state index in [0.29, 0.717) is 0 Å². The first-order chi connectivity index (χ1) is 9.24. The average Bonchev–Trinajstić information content (AvgIpc) is 2.46. The molecule has 1 aromatic carbocycles. The number of hydrogen-bond acceptors (Lipinski definition) is 4. The Morgan fingerprint density at radius 3 is 2.58 bits per heavy atom. The maximum Gasteiger partial charge on any atom is 0.141 e. The second kappa shape index (κ2) is 6.18. The second-order valence-corrected chi connectivity index (χ2v) is 4.49. The highest BCUT2D eigenvalue weighted by Gasteiger charge is 2.11. The van der Waals surface area contributed by atoms with E-state index in [4.69, 9.17) is 0 Å². The number of nitrogens with one attached hydrogen (secondary N) is 1. The van der Waals surface area contributed by atoms with E-state index >= 15 is 0 Å². The fraction of sp³-hybridized carbons (Fsp3) is 0.333. The number of anilines is 3. The molecule has 0 aliphatic heterocycles. The van der Waals surface area contributed by atoms with Gasteiger partial charge in [-0.05, 0) is 25.5 Å². The van der Waals surface area contributed by atoms with Crippen molar-refractivity contribution in [2.24, 2.45) is 0 Å². The summed E-state index contributed by atoms with van der Waals surface area (Å²) in [7, 11) is 2.02. The van der Waals surface area contributed by atoms with Gasteiger partial charge in [0.25, 0.3) is 0 Å². The van der Waals surface area contributed by atoms with Crippen molar-refractivity contribution in [1.82, 2.24) is 9.97 Å². The number of aromatic nitrogens is 2. The van der Waals surface area contributed by atoms with E-state index in [0.717, 1.165) is 35.9 Å². The zero-order valence-corrected chi connectivity index (χ0v) is 11.7. The standard InChI is InChI=1S/C15H20N4/c1-4-10-16-14-12(2)15(18-11-17-14)19(3)13-8-6-5-7-9-13/h5-9,11H,4,10H2,1-3H3,(H,16,17,18). The second-order valence-electron chi connectivity index (χ2n) is 4.49. The van der Waals surface area contributed by atoms with Gasteiger partial charge in [-0.15, -0.1) is 0 Å². The maximum atomic E-state index is 4.40. The van der Waals surface area contributed by atoms with Crippen LogP contribution in [0.2, 0.25) is 0 Å². The molecule has 1 heterocycles. The molecule has 2 aromatic rings. The van der Waals surface area contributed by atoms with E-state index in [1.165, 1.54) is 0 Å². The largest absolute Gasteiger partial charge is 0.370 e. The molecule has 4 nitrogen and oxygen atoms in total.